The predicted molar refractivity (Wildman–Crippen MR) is 84.3 cm³/mol. The highest BCUT2D eigenvalue weighted by Gasteiger charge is 2.39. The molecule has 0 aliphatic carbocycles. The number of amides is 1. The number of pyridine rings is 1. The Morgan fingerprint density at radius 3 is 2.73 bits per heavy atom. The summed E-state index contributed by atoms with van der Waals surface area (Å²) >= 11 is 0. The van der Waals surface area contributed by atoms with E-state index in [0.29, 0.717) is 6.61 Å². The van der Waals surface area contributed by atoms with Crippen molar-refractivity contribution in [2.24, 2.45) is 0 Å². The van der Waals surface area contributed by atoms with Gasteiger partial charge < -0.3 is 9.64 Å². The number of ether oxygens (including phenoxy) is 1. The number of carbonyl (C=O) groups excluding carboxylic acids is 1. The minimum absolute atomic E-state index is 0.171. The molecule has 2 aliphatic heterocycles. The van der Waals surface area contributed by atoms with Crippen molar-refractivity contribution in [3.05, 3.63) is 30.1 Å². The molecule has 120 valence electrons. The summed E-state index contributed by atoms with van der Waals surface area (Å²) in [5.74, 6) is 0.171. The lowest BCUT2D eigenvalue weighted by atomic mass is 9.94. The molecule has 0 aromatic carbocycles. The zero-order chi connectivity index (χ0) is 15.4. The molecule has 2 fully saturated rings. The van der Waals surface area contributed by atoms with Gasteiger partial charge >= 0.3 is 0 Å². The summed E-state index contributed by atoms with van der Waals surface area (Å²) in [6.07, 6.45) is 4.83. The molecule has 2 saturated heterocycles. The van der Waals surface area contributed by atoms with Crippen LogP contribution in [0.2, 0.25) is 0 Å². The van der Waals surface area contributed by atoms with Crippen molar-refractivity contribution in [3.8, 4) is 0 Å². The maximum Gasteiger partial charge on any atom is 0.254 e. The molecule has 0 bridgehead atoms. The van der Waals surface area contributed by atoms with Crippen molar-refractivity contribution in [2.45, 2.75) is 38.3 Å². The fourth-order valence-electron chi connectivity index (χ4n) is 3.27. The number of aromatic nitrogens is 1. The van der Waals surface area contributed by atoms with E-state index in [-0.39, 0.29) is 5.91 Å². The number of rotatable bonds is 3. The highest BCUT2D eigenvalue weighted by Crippen LogP contribution is 2.27. The average Bonchev–Trinajstić information content (AvgIpc) is 2.56. The molecule has 0 saturated carbocycles. The lowest BCUT2D eigenvalue weighted by Crippen LogP contribution is -2.56. The van der Waals surface area contributed by atoms with Crippen molar-refractivity contribution < 1.29 is 9.53 Å². The Hall–Kier alpha value is -1.46. The summed E-state index contributed by atoms with van der Waals surface area (Å²) in [6.45, 7) is 6.89. The summed E-state index contributed by atoms with van der Waals surface area (Å²) in [6, 6.07) is 6.00. The SMILES string of the molecule is C[C@]1(C(=O)N2CCN(Cc3ccccn3)CC2)CCCCO1. The highest BCUT2D eigenvalue weighted by atomic mass is 16.5. The number of piperazine rings is 1. The fourth-order valence-corrected chi connectivity index (χ4v) is 3.27. The number of hydrogen-bond donors (Lipinski definition) is 0. The third-order valence-electron chi connectivity index (χ3n) is 4.69. The molecule has 0 N–H and O–H groups in total. The standard InChI is InChI=1S/C17H25N3O2/c1-17(7-3-5-13-22-17)16(21)20-11-9-19(10-12-20)14-15-6-2-4-8-18-15/h2,4,6,8H,3,5,7,9-14H2,1H3/t17-/m1/s1. The summed E-state index contributed by atoms with van der Waals surface area (Å²) < 4.78 is 5.79. The van der Waals surface area contributed by atoms with Crippen LogP contribution in [-0.2, 0) is 16.1 Å². The molecule has 1 aromatic rings. The van der Waals surface area contributed by atoms with E-state index in [1.54, 1.807) is 0 Å². The fraction of sp³-hybridized carbons (Fsp3) is 0.647. The largest absolute Gasteiger partial charge is 0.365 e. The Morgan fingerprint density at radius 2 is 2.09 bits per heavy atom. The van der Waals surface area contributed by atoms with E-state index in [1.165, 1.54) is 0 Å². The minimum atomic E-state index is -0.596. The van der Waals surface area contributed by atoms with Crippen LogP contribution in [0.25, 0.3) is 0 Å². The molecule has 3 heterocycles. The molecule has 22 heavy (non-hydrogen) atoms. The second-order valence-corrected chi connectivity index (χ2v) is 6.43. The van der Waals surface area contributed by atoms with Gasteiger partial charge in [-0.3, -0.25) is 14.7 Å². The molecule has 5 heteroatoms. The van der Waals surface area contributed by atoms with Crippen LogP contribution in [-0.4, -0.2) is 59.1 Å². The monoisotopic (exact) mass is 303 g/mol. The van der Waals surface area contributed by atoms with Crippen LogP contribution < -0.4 is 0 Å². The molecule has 0 unspecified atom stereocenters. The zero-order valence-electron chi connectivity index (χ0n) is 13.3. The van der Waals surface area contributed by atoms with E-state index in [9.17, 15) is 4.79 Å². The van der Waals surface area contributed by atoms with Crippen LogP contribution in [0.3, 0.4) is 0 Å². The molecule has 0 spiro atoms. The van der Waals surface area contributed by atoms with Gasteiger partial charge in [0.15, 0.2) is 0 Å². The topological polar surface area (TPSA) is 45.7 Å². The van der Waals surface area contributed by atoms with Crippen LogP contribution in [0.5, 0.6) is 0 Å². The Bertz CT molecular complexity index is 492. The predicted octanol–water partition coefficient (Wildman–Crippen LogP) is 1.68. The Morgan fingerprint density at radius 1 is 1.27 bits per heavy atom. The lowest BCUT2D eigenvalue weighted by molar-refractivity contribution is -0.163. The van der Waals surface area contributed by atoms with Gasteiger partial charge in [0.05, 0.1) is 5.69 Å². The Kier molecular flexibility index (Phi) is 4.74. The van der Waals surface area contributed by atoms with Gasteiger partial charge in [-0.2, -0.15) is 0 Å². The second kappa shape index (κ2) is 6.75. The second-order valence-electron chi connectivity index (χ2n) is 6.43. The summed E-state index contributed by atoms with van der Waals surface area (Å²) in [7, 11) is 0. The van der Waals surface area contributed by atoms with Crippen molar-refractivity contribution >= 4 is 5.91 Å². The van der Waals surface area contributed by atoms with Crippen molar-refractivity contribution in [1.82, 2.24) is 14.8 Å². The molecule has 1 atom stereocenters. The summed E-state index contributed by atoms with van der Waals surface area (Å²) in [4.78, 5) is 21.4. The molecule has 3 rings (SSSR count). The van der Waals surface area contributed by atoms with Crippen molar-refractivity contribution in [1.29, 1.82) is 0 Å². The lowest BCUT2D eigenvalue weighted by Gasteiger charge is -2.41. The molecular formula is C17H25N3O2. The highest BCUT2D eigenvalue weighted by molar-refractivity contribution is 5.85. The maximum atomic E-state index is 12.7. The quantitative estimate of drug-likeness (QED) is 0.852. The molecule has 1 aromatic heterocycles. The smallest absolute Gasteiger partial charge is 0.254 e. The van der Waals surface area contributed by atoms with Gasteiger partial charge in [-0.05, 0) is 38.3 Å². The zero-order valence-corrected chi connectivity index (χ0v) is 13.3. The van der Waals surface area contributed by atoms with E-state index in [0.717, 1.165) is 57.7 Å². The first-order chi connectivity index (χ1) is 10.7. The van der Waals surface area contributed by atoms with Gasteiger partial charge in [-0.1, -0.05) is 6.07 Å². The number of carbonyl (C=O) groups is 1. The van der Waals surface area contributed by atoms with Crippen LogP contribution in [0.1, 0.15) is 31.9 Å². The van der Waals surface area contributed by atoms with Gasteiger partial charge in [0.1, 0.15) is 5.60 Å². The van der Waals surface area contributed by atoms with E-state index >= 15 is 0 Å². The van der Waals surface area contributed by atoms with Crippen LogP contribution in [0.4, 0.5) is 0 Å². The van der Waals surface area contributed by atoms with Gasteiger partial charge in [-0.15, -0.1) is 0 Å². The number of nitrogens with zero attached hydrogens (tertiary/aromatic N) is 3. The first kappa shape index (κ1) is 15.4. The molecule has 5 nitrogen and oxygen atoms in total. The molecular weight excluding hydrogens is 278 g/mol. The van der Waals surface area contributed by atoms with Gasteiger partial charge in [0.25, 0.3) is 5.91 Å². The molecule has 1 amide bonds. The van der Waals surface area contributed by atoms with Crippen LogP contribution in [0, 0.1) is 0 Å². The van der Waals surface area contributed by atoms with Gasteiger partial charge in [0.2, 0.25) is 0 Å². The number of hydrogen-bond acceptors (Lipinski definition) is 4. The summed E-state index contributed by atoms with van der Waals surface area (Å²) in [5.41, 5.74) is 0.492. The molecule has 0 radical (unpaired) electrons. The third kappa shape index (κ3) is 3.47. The first-order valence-corrected chi connectivity index (χ1v) is 8.23. The normalized spacial score (nSPS) is 26.9. The Balaban J connectivity index is 1.52. The van der Waals surface area contributed by atoms with Crippen molar-refractivity contribution in [2.75, 3.05) is 32.8 Å². The van der Waals surface area contributed by atoms with Crippen LogP contribution in [0.15, 0.2) is 24.4 Å². The van der Waals surface area contributed by atoms with E-state index in [2.05, 4.69) is 16.0 Å². The first-order valence-electron chi connectivity index (χ1n) is 8.23. The van der Waals surface area contributed by atoms with E-state index in [4.69, 9.17) is 4.74 Å². The molecule has 2 aliphatic rings. The average molecular weight is 303 g/mol. The Labute approximate surface area is 132 Å². The van der Waals surface area contributed by atoms with Gasteiger partial charge in [0, 0.05) is 45.5 Å². The summed E-state index contributed by atoms with van der Waals surface area (Å²) in [5, 5.41) is 0. The van der Waals surface area contributed by atoms with Crippen molar-refractivity contribution in [3.63, 3.8) is 0 Å². The van der Waals surface area contributed by atoms with Gasteiger partial charge in [-0.25, -0.2) is 0 Å². The maximum absolute atomic E-state index is 12.7. The van der Waals surface area contributed by atoms with Crippen LogP contribution >= 0.6 is 0 Å². The van der Waals surface area contributed by atoms with E-state index in [1.807, 2.05) is 30.2 Å². The van der Waals surface area contributed by atoms with E-state index < -0.39 is 5.60 Å². The minimum Gasteiger partial charge on any atom is -0.365 e. The third-order valence-corrected chi connectivity index (χ3v) is 4.69.